The van der Waals surface area contributed by atoms with Gasteiger partial charge in [0.25, 0.3) is 0 Å². The van der Waals surface area contributed by atoms with Crippen LogP contribution >= 0.6 is 15.9 Å². The molecule has 1 aliphatic carbocycles. The number of nitrogens with zero attached hydrogens (tertiary/aromatic N) is 1. The Hall–Kier alpha value is -1.88. The second kappa shape index (κ2) is 5.48. The van der Waals surface area contributed by atoms with Crippen molar-refractivity contribution in [3.05, 3.63) is 52.6 Å². The lowest BCUT2D eigenvalue weighted by molar-refractivity contribution is -0.124. The van der Waals surface area contributed by atoms with Crippen molar-refractivity contribution in [3.8, 4) is 0 Å². The standard InChI is InChI=1S/C16H16BrN3O/c17-12-4-2-11(3-5-12)16(8-1-9-16)15(21)20-13-6-7-14(18)19-10-13/h2-7,10H,1,8-9H2,(H2,18,19)(H,20,21). The fourth-order valence-corrected chi connectivity index (χ4v) is 2.94. The summed E-state index contributed by atoms with van der Waals surface area (Å²) in [5.74, 6) is 0.474. The highest BCUT2D eigenvalue weighted by atomic mass is 79.9. The fraction of sp³-hybridized carbons (Fsp3) is 0.250. The summed E-state index contributed by atoms with van der Waals surface area (Å²) in [6.45, 7) is 0. The Balaban J connectivity index is 1.83. The highest BCUT2D eigenvalue weighted by Gasteiger charge is 2.45. The van der Waals surface area contributed by atoms with Crippen LogP contribution in [0.2, 0.25) is 0 Å². The molecule has 5 heteroatoms. The highest BCUT2D eigenvalue weighted by Crippen LogP contribution is 2.44. The second-order valence-electron chi connectivity index (χ2n) is 5.37. The van der Waals surface area contributed by atoms with Crippen molar-refractivity contribution in [2.45, 2.75) is 24.7 Å². The van der Waals surface area contributed by atoms with Gasteiger partial charge in [-0.05, 0) is 42.7 Å². The first-order valence-corrected chi connectivity index (χ1v) is 7.68. The number of rotatable bonds is 3. The van der Waals surface area contributed by atoms with Crippen LogP contribution in [0.3, 0.4) is 0 Å². The molecule has 1 heterocycles. The molecule has 3 N–H and O–H groups in total. The van der Waals surface area contributed by atoms with Crippen molar-refractivity contribution in [1.29, 1.82) is 0 Å². The predicted molar refractivity (Wildman–Crippen MR) is 87.0 cm³/mol. The molecule has 0 bridgehead atoms. The van der Waals surface area contributed by atoms with Crippen molar-refractivity contribution in [2.75, 3.05) is 11.1 Å². The maximum Gasteiger partial charge on any atom is 0.235 e. The van der Waals surface area contributed by atoms with Crippen molar-refractivity contribution < 1.29 is 4.79 Å². The van der Waals surface area contributed by atoms with Gasteiger partial charge in [0.05, 0.1) is 17.3 Å². The first-order chi connectivity index (χ1) is 10.1. The Morgan fingerprint density at radius 2 is 1.90 bits per heavy atom. The van der Waals surface area contributed by atoms with Gasteiger partial charge in [0.2, 0.25) is 5.91 Å². The summed E-state index contributed by atoms with van der Waals surface area (Å²) in [5, 5.41) is 2.96. The SMILES string of the molecule is Nc1ccc(NC(=O)C2(c3ccc(Br)cc3)CCC2)cn1. The van der Waals surface area contributed by atoms with Gasteiger partial charge in [0.15, 0.2) is 0 Å². The Morgan fingerprint density at radius 3 is 2.43 bits per heavy atom. The van der Waals surface area contributed by atoms with Crippen LogP contribution in [0.4, 0.5) is 11.5 Å². The van der Waals surface area contributed by atoms with E-state index in [1.54, 1.807) is 18.3 Å². The minimum absolute atomic E-state index is 0.0302. The number of hydrogen-bond acceptors (Lipinski definition) is 3. The number of carbonyl (C=O) groups is 1. The summed E-state index contributed by atoms with van der Waals surface area (Å²) in [4.78, 5) is 16.7. The van der Waals surface area contributed by atoms with Crippen LogP contribution in [-0.2, 0) is 10.2 Å². The van der Waals surface area contributed by atoms with Crippen molar-refractivity contribution in [2.24, 2.45) is 0 Å². The normalized spacial score (nSPS) is 16.0. The van der Waals surface area contributed by atoms with E-state index < -0.39 is 5.41 Å². The third-order valence-corrected chi connectivity index (χ3v) is 4.61. The van der Waals surface area contributed by atoms with E-state index in [1.807, 2.05) is 24.3 Å². The molecule has 0 aliphatic heterocycles. The van der Waals surface area contributed by atoms with Gasteiger partial charge in [0.1, 0.15) is 5.82 Å². The van der Waals surface area contributed by atoms with Crippen molar-refractivity contribution >= 4 is 33.3 Å². The molecule has 0 spiro atoms. The Labute approximate surface area is 131 Å². The minimum Gasteiger partial charge on any atom is -0.384 e. The first-order valence-electron chi connectivity index (χ1n) is 6.89. The van der Waals surface area contributed by atoms with E-state index in [0.717, 1.165) is 29.3 Å². The maximum atomic E-state index is 12.7. The van der Waals surface area contributed by atoms with Gasteiger partial charge in [-0.15, -0.1) is 0 Å². The lowest BCUT2D eigenvalue weighted by Gasteiger charge is -2.40. The van der Waals surface area contributed by atoms with Crippen LogP contribution in [0.5, 0.6) is 0 Å². The number of nitrogens with two attached hydrogens (primary N) is 1. The number of nitrogen functional groups attached to an aromatic ring is 1. The molecule has 1 aliphatic rings. The summed E-state index contributed by atoms with van der Waals surface area (Å²) in [6.07, 6.45) is 4.41. The minimum atomic E-state index is -0.415. The maximum absolute atomic E-state index is 12.7. The van der Waals surface area contributed by atoms with E-state index in [0.29, 0.717) is 11.5 Å². The molecule has 1 aromatic carbocycles. The quantitative estimate of drug-likeness (QED) is 0.894. The van der Waals surface area contributed by atoms with Crippen LogP contribution in [0.1, 0.15) is 24.8 Å². The molecule has 0 radical (unpaired) electrons. The molecule has 0 saturated heterocycles. The number of pyridine rings is 1. The average Bonchev–Trinajstić information content (AvgIpc) is 2.42. The zero-order chi connectivity index (χ0) is 14.9. The molecule has 108 valence electrons. The fourth-order valence-electron chi connectivity index (χ4n) is 2.68. The molecule has 1 amide bonds. The number of aromatic nitrogens is 1. The van der Waals surface area contributed by atoms with E-state index in [-0.39, 0.29) is 5.91 Å². The van der Waals surface area contributed by atoms with Crippen LogP contribution in [0.15, 0.2) is 47.1 Å². The summed E-state index contributed by atoms with van der Waals surface area (Å²) < 4.78 is 1.02. The largest absolute Gasteiger partial charge is 0.384 e. The molecule has 1 aromatic heterocycles. The smallest absolute Gasteiger partial charge is 0.235 e. The molecule has 4 nitrogen and oxygen atoms in total. The van der Waals surface area contributed by atoms with Gasteiger partial charge in [-0.3, -0.25) is 4.79 Å². The van der Waals surface area contributed by atoms with Crippen LogP contribution in [-0.4, -0.2) is 10.9 Å². The molecule has 21 heavy (non-hydrogen) atoms. The Morgan fingerprint density at radius 1 is 1.19 bits per heavy atom. The monoisotopic (exact) mass is 345 g/mol. The summed E-state index contributed by atoms with van der Waals surface area (Å²) >= 11 is 3.43. The van der Waals surface area contributed by atoms with Gasteiger partial charge in [0, 0.05) is 4.47 Å². The number of carbonyl (C=O) groups excluding carboxylic acids is 1. The number of anilines is 2. The van der Waals surface area contributed by atoms with Gasteiger partial charge >= 0.3 is 0 Å². The zero-order valence-electron chi connectivity index (χ0n) is 11.5. The molecule has 0 unspecified atom stereocenters. The average molecular weight is 346 g/mol. The van der Waals surface area contributed by atoms with Crippen LogP contribution in [0.25, 0.3) is 0 Å². The molecule has 1 fully saturated rings. The van der Waals surface area contributed by atoms with Crippen LogP contribution < -0.4 is 11.1 Å². The van der Waals surface area contributed by atoms with Gasteiger partial charge in [-0.1, -0.05) is 34.5 Å². The van der Waals surface area contributed by atoms with E-state index in [1.165, 1.54) is 0 Å². The summed E-state index contributed by atoms with van der Waals surface area (Å²) in [5.41, 5.74) is 6.89. The molecular weight excluding hydrogens is 330 g/mol. The summed E-state index contributed by atoms with van der Waals surface area (Å²) in [6, 6.07) is 11.5. The van der Waals surface area contributed by atoms with E-state index in [9.17, 15) is 4.79 Å². The number of benzene rings is 1. The Kier molecular flexibility index (Phi) is 3.68. The second-order valence-corrected chi connectivity index (χ2v) is 6.28. The number of halogens is 1. The molecule has 2 aromatic rings. The third-order valence-electron chi connectivity index (χ3n) is 4.08. The van der Waals surface area contributed by atoms with Gasteiger partial charge < -0.3 is 11.1 Å². The number of amides is 1. The van der Waals surface area contributed by atoms with Gasteiger partial charge in [-0.2, -0.15) is 0 Å². The lowest BCUT2D eigenvalue weighted by Crippen LogP contribution is -2.46. The third kappa shape index (κ3) is 2.65. The lowest BCUT2D eigenvalue weighted by atomic mass is 9.64. The van der Waals surface area contributed by atoms with E-state index in [4.69, 9.17) is 5.73 Å². The molecule has 3 rings (SSSR count). The van der Waals surface area contributed by atoms with Crippen LogP contribution in [0, 0.1) is 0 Å². The zero-order valence-corrected chi connectivity index (χ0v) is 13.1. The van der Waals surface area contributed by atoms with Crippen molar-refractivity contribution in [1.82, 2.24) is 4.98 Å². The van der Waals surface area contributed by atoms with E-state index in [2.05, 4.69) is 26.2 Å². The predicted octanol–water partition coefficient (Wildman–Crippen LogP) is 3.49. The van der Waals surface area contributed by atoms with Crippen molar-refractivity contribution in [3.63, 3.8) is 0 Å². The first kappa shape index (κ1) is 14.1. The van der Waals surface area contributed by atoms with Gasteiger partial charge in [-0.25, -0.2) is 4.98 Å². The Bertz CT molecular complexity index is 648. The molecule has 1 saturated carbocycles. The van der Waals surface area contributed by atoms with E-state index >= 15 is 0 Å². The summed E-state index contributed by atoms with van der Waals surface area (Å²) in [7, 11) is 0. The number of hydrogen-bond donors (Lipinski definition) is 2. The highest BCUT2D eigenvalue weighted by molar-refractivity contribution is 9.10. The molecular formula is C16H16BrN3O. The topological polar surface area (TPSA) is 68.0 Å². The number of nitrogens with one attached hydrogen (secondary N) is 1. The molecule has 0 atom stereocenters.